The Morgan fingerprint density at radius 1 is 1.27 bits per heavy atom. The number of ether oxygens (including phenoxy) is 1. The molecule has 7 heteroatoms. The lowest BCUT2D eigenvalue weighted by Gasteiger charge is -2.35. The van der Waals surface area contributed by atoms with Gasteiger partial charge in [-0.1, -0.05) is 12.1 Å². The zero-order valence-corrected chi connectivity index (χ0v) is 18.5. The number of nitrogens with one attached hydrogen (secondary N) is 2. The molecule has 1 fully saturated rings. The molecule has 148 valence electrons. The molecule has 0 spiro atoms. The first-order chi connectivity index (χ1) is 12.0. The predicted octanol–water partition coefficient (Wildman–Crippen LogP) is 3.17. The van der Waals surface area contributed by atoms with Gasteiger partial charge in [-0.3, -0.25) is 4.99 Å². The van der Waals surface area contributed by atoms with Gasteiger partial charge in [0.25, 0.3) is 0 Å². The first-order valence-electron chi connectivity index (χ1n) is 9.03. The fraction of sp³-hybridized carbons (Fsp3) is 0.632. The third-order valence-electron chi connectivity index (χ3n) is 4.81. The van der Waals surface area contributed by atoms with Crippen LogP contribution >= 0.6 is 24.0 Å². The maximum absolute atomic E-state index is 13.1. The molecule has 1 atom stereocenters. The van der Waals surface area contributed by atoms with Crippen LogP contribution in [-0.2, 0) is 4.74 Å². The van der Waals surface area contributed by atoms with Gasteiger partial charge in [0.15, 0.2) is 5.96 Å². The zero-order chi connectivity index (χ0) is 18.2. The van der Waals surface area contributed by atoms with Crippen molar-refractivity contribution in [2.45, 2.75) is 44.9 Å². The SMILES string of the molecule is CN=C(NCC(OC)c1ccc(F)cc1)NC1CCN(C(C)C)CC1.I. The number of piperidine rings is 1. The number of aliphatic imine (C=N–C) groups is 1. The molecule has 2 rings (SSSR count). The largest absolute Gasteiger partial charge is 0.375 e. The van der Waals surface area contributed by atoms with Gasteiger partial charge in [-0.05, 0) is 44.4 Å². The molecule has 1 saturated heterocycles. The highest BCUT2D eigenvalue weighted by molar-refractivity contribution is 14.0. The summed E-state index contributed by atoms with van der Waals surface area (Å²) in [5.41, 5.74) is 0.942. The molecule has 0 amide bonds. The number of benzene rings is 1. The normalized spacial score (nSPS) is 17.7. The summed E-state index contributed by atoms with van der Waals surface area (Å²) >= 11 is 0. The number of nitrogens with zero attached hydrogens (tertiary/aromatic N) is 2. The van der Waals surface area contributed by atoms with Gasteiger partial charge in [-0.15, -0.1) is 24.0 Å². The van der Waals surface area contributed by atoms with Gasteiger partial charge in [-0.25, -0.2) is 4.39 Å². The fourth-order valence-corrected chi connectivity index (χ4v) is 3.15. The van der Waals surface area contributed by atoms with Crippen molar-refractivity contribution in [3.8, 4) is 0 Å². The Bertz CT molecular complexity index is 545. The van der Waals surface area contributed by atoms with Crippen LogP contribution in [0.15, 0.2) is 29.3 Å². The quantitative estimate of drug-likeness (QED) is 0.375. The summed E-state index contributed by atoms with van der Waals surface area (Å²) in [5, 5.41) is 6.82. The number of hydrogen-bond donors (Lipinski definition) is 2. The van der Waals surface area contributed by atoms with Gasteiger partial charge in [0, 0.05) is 45.9 Å². The molecule has 1 aromatic rings. The van der Waals surface area contributed by atoms with Crippen LogP contribution in [0.4, 0.5) is 4.39 Å². The van der Waals surface area contributed by atoms with Crippen molar-refractivity contribution in [1.29, 1.82) is 0 Å². The maximum atomic E-state index is 13.1. The van der Waals surface area contributed by atoms with E-state index in [0.717, 1.165) is 37.5 Å². The van der Waals surface area contributed by atoms with E-state index in [-0.39, 0.29) is 35.9 Å². The number of hydrogen-bond acceptors (Lipinski definition) is 3. The maximum Gasteiger partial charge on any atom is 0.191 e. The Hall–Kier alpha value is -0.930. The van der Waals surface area contributed by atoms with Crippen LogP contribution in [0.3, 0.4) is 0 Å². The van der Waals surface area contributed by atoms with E-state index in [9.17, 15) is 4.39 Å². The number of guanidine groups is 1. The van der Waals surface area contributed by atoms with Gasteiger partial charge in [0.05, 0.1) is 6.10 Å². The van der Waals surface area contributed by atoms with Crippen molar-refractivity contribution in [3.05, 3.63) is 35.6 Å². The Morgan fingerprint density at radius 2 is 1.88 bits per heavy atom. The highest BCUT2D eigenvalue weighted by Crippen LogP contribution is 2.16. The topological polar surface area (TPSA) is 48.9 Å². The third-order valence-corrected chi connectivity index (χ3v) is 4.81. The van der Waals surface area contributed by atoms with E-state index in [2.05, 4.69) is 34.4 Å². The Morgan fingerprint density at radius 3 is 2.38 bits per heavy atom. The fourth-order valence-electron chi connectivity index (χ4n) is 3.15. The molecule has 0 aromatic heterocycles. The molecule has 0 aliphatic carbocycles. The van der Waals surface area contributed by atoms with Crippen molar-refractivity contribution < 1.29 is 9.13 Å². The van der Waals surface area contributed by atoms with Crippen molar-refractivity contribution in [1.82, 2.24) is 15.5 Å². The van der Waals surface area contributed by atoms with Crippen LogP contribution in [0.2, 0.25) is 0 Å². The number of rotatable bonds is 6. The molecule has 2 N–H and O–H groups in total. The van der Waals surface area contributed by atoms with Crippen LogP contribution in [0.1, 0.15) is 38.4 Å². The third kappa shape index (κ3) is 7.00. The summed E-state index contributed by atoms with van der Waals surface area (Å²) in [7, 11) is 3.44. The Balaban J connectivity index is 0.00000338. The second-order valence-corrected chi connectivity index (χ2v) is 6.78. The average molecular weight is 478 g/mol. The van der Waals surface area contributed by atoms with Crippen molar-refractivity contribution in [2.75, 3.05) is 33.8 Å². The monoisotopic (exact) mass is 478 g/mol. The molecular formula is C19H32FIN4O. The number of methoxy groups -OCH3 is 1. The number of likely N-dealkylation sites (tertiary alicyclic amines) is 1. The van der Waals surface area contributed by atoms with Gasteiger partial charge < -0.3 is 20.3 Å². The van der Waals surface area contributed by atoms with Gasteiger partial charge in [-0.2, -0.15) is 0 Å². The average Bonchev–Trinajstić information content (AvgIpc) is 2.63. The molecule has 1 unspecified atom stereocenters. The Kier molecular flexibility index (Phi) is 10.4. The van der Waals surface area contributed by atoms with Crippen molar-refractivity contribution in [2.24, 2.45) is 4.99 Å². The van der Waals surface area contributed by atoms with E-state index in [1.165, 1.54) is 12.1 Å². The molecule has 1 aliphatic rings. The summed E-state index contributed by atoms with van der Waals surface area (Å²) in [6.07, 6.45) is 2.08. The minimum atomic E-state index is -0.239. The molecule has 26 heavy (non-hydrogen) atoms. The first kappa shape index (κ1) is 23.1. The lowest BCUT2D eigenvalue weighted by Crippen LogP contribution is -2.50. The van der Waals surface area contributed by atoms with E-state index in [1.807, 2.05) is 0 Å². The van der Waals surface area contributed by atoms with Crippen LogP contribution in [0.25, 0.3) is 0 Å². The molecule has 0 saturated carbocycles. The van der Waals surface area contributed by atoms with E-state index in [1.54, 1.807) is 26.3 Å². The van der Waals surface area contributed by atoms with E-state index in [0.29, 0.717) is 18.6 Å². The number of halogens is 2. The molecule has 1 aromatic carbocycles. The molecule has 5 nitrogen and oxygen atoms in total. The van der Waals surface area contributed by atoms with Gasteiger partial charge in [0.1, 0.15) is 5.82 Å². The summed E-state index contributed by atoms with van der Waals surface area (Å²) in [6, 6.07) is 7.46. The zero-order valence-electron chi connectivity index (χ0n) is 16.2. The van der Waals surface area contributed by atoms with Crippen LogP contribution in [-0.4, -0.2) is 56.7 Å². The minimum absolute atomic E-state index is 0. The lowest BCUT2D eigenvalue weighted by molar-refractivity contribution is 0.106. The molecule has 0 bridgehead atoms. The Labute approximate surface area is 173 Å². The highest BCUT2D eigenvalue weighted by Gasteiger charge is 2.21. The van der Waals surface area contributed by atoms with E-state index in [4.69, 9.17) is 4.74 Å². The summed E-state index contributed by atoms with van der Waals surface area (Å²) in [5.74, 6) is 0.545. The van der Waals surface area contributed by atoms with Crippen LogP contribution in [0, 0.1) is 5.82 Å². The molecule has 0 radical (unpaired) electrons. The standard InChI is InChI=1S/C19H31FN4O.HI/c1-14(2)24-11-9-17(10-12-24)23-19(21-3)22-13-18(25-4)15-5-7-16(20)8-6-15;/h5-8,14,17-18H,9-13H2,1-4H3,(H2,21,22,23);1H. The summed E-state index contributed by atoms with van der Waals surface area (Å²) < 4.78 is 18.6. The lowest BCUT2D eigenvalue weighted by atomic mass is 10.0. The minimum Gasteiger partial charge on any atom is -0.375 e. The highest BCUT2D eigenvalue weighted by atomic mass is 127. The summed E-state index contributed by atoms with van der Waals surface area (Å²) in [4.78, 5) is 6.82. The van der Waals surface area contributed by atoms with Gasteiger partial charge in [0.2, 0.25) is 0 Å². The van der Waals surface area contributed by atoms with Crippen LogP contribution in [0.5, 0.6) is 0 Å². The van der Waals surface area contributed by atoms with Crippen molar-refractivity contribution in [3.63, 3.8) is 0 Å². The first-order valence-corrected chi connectivity index (χ1v) is 9.03. The van der Waals surface area contributed by atoms with Crippen LogP contribution < -0.4 is 10.6 Å². The predicted molar refractivity (Wildman–Crippen MR) is 116 cm³/mol. The van der Waals surface area contributed by atoms with Gasteiger partial charge >= 0.3 is 0 Å². The second kappa shape index (κ2) is 11.7. The smallest absolute Gasteiger partial charge is 0.191 e. The molecule has 1 aliphatic heterocycles. The summed E-state index contributed by atoms with van der Waals surface area (Å²) in [6.45, 7) is 7.29. The molecular weight excluding hydrogens is 446 g/mol. The van der Waals surface area contributed by atoms with E-state index < -0.39 is 0 Å². The van der Waals surface area contributed by atoms with Crippen molar-refractivity contribution >= 4 is 29.9 Å². The van der Waals surface area contributed by atoms with E-state index >= 15 is 0 Å². The second-order valence-electron chi connectivity index (χ2n) is 6.78. The molecule has 1 heterocycles.